The average molecular weight is 361 g/mol. The van der Waals surface area contributed by atoms with Crippen molar-refractivity contribution in [3.05, 3.63) is 34.6 Å². The number of anilines is 1. The number of rotatable bonds is 4. The number of hydrogen-bond acceptors (Lipinski definition) is 5. The van der Waals surface area contributed by atoms with E-state index in [2.05, 4.69) is 29.7 Å². The van der Waals surface area contributed by atoms with E-state index < -0.39 is 0 Å². The van der Waals surface area contributed by atoms with Gasteiger partial charge in [0, 0.05) is 32.3 Å². The number of imidazole rings is 1. The molecule has 0 atom stereocenters. The Morgan fingerprint density at radius 2 is 1.96 bits per heavy atom. The van der Waals surface area contributed by atoms with E-state index in [0.717, 1.165) is 50.4 Å². The second kappa shape index (κ2) is 7.00. The summed E-state index contributed by atoms with van der Waals surface area (Å²) >= 11 is 6.14. The molecular formula is C17H21ClN6O. The Bertz CT molecular complexity index is 760. The minimum atomic E-state index is -0.293. The summed E-state index contributed by atoms with van der Waals surface area (Å²) in [7, 11) is 0. The number of amides is 1. The quantitative estimate of drug-likeness (QED) is 0.904. The fourth-order valence-corrected chi connectivity index (χ4v) is 3.57. The summed E-state index contributed by atoms with van der Waals surface area (Å²) in [5, 5.41) is 3.14. The van der Waals surface area contributed by atoms with Gasteiger partial charge in [0.1, 0.15) is 5.82 Å². The maximum absolute atomic E-state index is 12.5. The number of aromatic nitrogens is 4. The number of aryl methyl sites for hydroxylation is 2. The van der Waals surface area contributed by atoms with Crippen LogP contribution in [0, 0.1) is 0 Å². The maximum atomic E-state index is 12.5. The summed E-state index contributed by atoms with van der Waals surface area (Å²) in [4.78, 5) is 27.8. The van der Waals surface area contributed by atoms with E-state index in [-0.39, 0.29) is 16.6 Å². The summed E-state index contributed by atoms with van der Waals surface area (Å²) in [5.41, 5.74) is 1.10. The topological polar surface area (TPSA) is 75.9 Å². The van der Waals surface area contributed by atoms with Crippen LogP contribution in [0.5, 0.6) is 0 Å². The summed E-state index contributed by atoms with van der Waals surface area (Å²) in [6.45, 7) is 3.22. The van der Waals surface area contributed by atoms with Gasteiger partial charge in [-0.25, -0.2) is 15.0 Å². The highest BCUT2D eigenvalue weighted by Crippen LogP contribution is 2.20. The van der Waals surface area contributed by atoms with Gasteiger partial charge in [-0.05, 0) is 25.7 Å². The fraction of sp³-hybridized carbons (Fsp3) is 0.529. The number of fused-ring (bicyclic) bond motifs is 1. The number of halogens is 1. The van der Waals surface area contributed by atoms with Crippen LogP contribution in [-0.4, -0.2) is 38.5 Å². The molecule has 2 aliphatic heterocycles. The van der Waals surface area contributed by atoms with Gasteiger partial charge in [0.2, 0.25) is 5.95 Å². The molecule has 2 aliphatic rings. The molecule has 0 aromatic carbocycles. The molecule has 0 radical (unpaired) electrons. The number of carbonyl (C=O) groups is 1. The summed E-state index contributed by atoms with van der Waals surface area (Å²) in [5.74, 6) is 1.38. The fourth-order valence-electron chi connectivity index (χ4n) is 3.40. The first-order valence-corrected chi connectivity index (χ1v) is 9.19. The molecule has 1 saturated heterocycles. The summed E-state index contributed by atoms with van der Waals surface area (Å²) in [6.07, 6.45) is 9.14. The van der Waals surface area contributed by atoms with Crippen LogP contribution >= 0.6 is 11.6 Å². The highest BCUT2D eigenvalue weighted by Gasteiger charge is 2.20. The molecule has 4 rings (SSSR count). The van der Waals surface area contributed by atoms with E-state index >= 15 is 0 Å². The van der Waals surface area contributed by atoms with Crippen LogP contribution in [0.2, 0.25) is 5.02 Å². The molecule has 0 bridgehead atoms. The van der Waals surface area contributed by atoms with Gasteiger partial charge in [-0.1, -0.05) is 11.6 Å². The van der Waals surface area contributed by atoms with Gasteiger partial charge in [-0.3, -0.25) is 4.79 Å². The van der Waals surface area contributed by atoms with E-state index in [4.69, 9.17) is 11.6 Å². The van der Waals surface area contributed by atoms with Crippen LogP contribution in [-0.2, 0) is 19.5 Å². The van der Waals surface area contributed by atoms with Crippen LogP contribution in [0.1, 0.15) is 47.7 Å². The van der Waals surface area contributed by atoms with Crippen molar-refractivity contribution in [2.45, 2.75) is 45.2 Å². The number of hydrogen-bond donors (Lipinski definition) is 1. The molecular weight excluding hydrogens is 340 g/mol. The second-order valence-corrected chi connectivity index (χ2v) is 6.95. The van der Waals surface area contributed by atoms with E-state index in [1.165, 1.54) is 19.0 Å². The molecule has 4 heterocycles. The van der Waals surface area contributed by atoms with Crippen LogP contribution in [0.3, 0.4) is 0 Å². The molecule has 1 amide bonds. The van der Waals surface area contributed by atoms with Gasteiger partial charge in [0.25, 0.3) is 5.91 Å². The molecule has 2 aromatic rings. The van der Waals surface area contributed by atoms with Crippen molar-refractivity contribution in [2.24, 2.45) is 0 Å². The zero-order valence-corrected chi connectivity index (χ0v) is 14.8. The van der Waals surface area contributed by atoms with Crippen molar-refractivity contribution < 1.29 is 4.79 Å². The van der Waals surface area contributed by atoms with Crippen LogP contribution in [0.25, 0.3) is 0 Å². The molecule has 1 N–H and O–H groups in total. The third kappa shape index (κ3) is 3.46. The summed E-state index contributed by atoms with van der Waals surface area (Å²) < 4.78 is 2.17. The van der Waals surface area contributed by atoms with Gasteiger partial charge in [0.05, 0.1) is 23.5 Å². The van der Waals surface area contributed by atoms with Crippen LogP contribution in [0.15, 0.2) is 12.4 Å². The van der Waals surface area contributed by atoms with Crippen molar-refractivity contribution in [2.75, 3.05) is 18.0 Å². The number of nitrogens with one attached hydrogen (secondary N) is 1. The summed E-state index contributed by atoms with van der Waals surface area (Å²) in [6, 6.07) is 0. The standard InChI is InChI=1S/C17H21ClN6O/c18-13-10-20-17(23-6-3-4-7-23)22-15(13)16(25)19-9-12-11-24-8-2-1-5-14(24)21-12/h10-11H,1-9H2,(H,19,25). The normalized spacial score (nSPS) is 16.8. The lowest BCUT2D eigenvalue weighted by atomic mass is 10.2. The Morgan fingerprint density at radius 3 is 2.76 bits per heavy atom. The molecule has 1 fully saturated rings. The first-order valence-electron chi connectivity index (χ1n) is 8.81. The zero-order chi connectivity index (χ0) is 17.2. The first kappa shape index (κ1) is 16.3. The lowest BCUT2D eigenvalue weighted by molar-refractivity contribution is 0.0945. The predicted molar refractivity (Wildman–Crippen MR) is 94.8 cm³/mol. The largest absolute Gasteiger partial charge is 0.345 e. The van der Waals surface area contributed by atoms with Crippen molar-refractivity contribution in [1.29, 1.82) is 0 Å². The average Bonchev–Trinajstić information content (AvgIpc) is 3.29. The molecule has 132 valence electrons. The first-order chi connectivity index (χ1) is 12.2. The molecule has 2 aromatic heterocycles. The Balaban J connectivity index is 1.45. The molecule has 7 nitrogen and oxygen atoms in total. The number of nitrogens with zero attached hydrogens (tertiary/aromatic N) is 5. The Morgan fingerprint density at radius 1 is 1.16 bits per heavy atom. The highest BCUT2D eigenvalue weighted by molar-refractivity contribution is 6.33. The van der Waals surface area contributed by atoms with Crippen molar-refractivity contribution >= 4 is 23.5 Å². The van der Waals surface area contributed by atoms with Crippen molar-refractivity contribution in [3.63, 3.8) is 0 Å². The lowest BCUT2D eigenvalue weighted by Crippen LogP contribution is -2.27. The van der Waals surface area contributed by atoms with E-state index in [1.54, 1.807) is 0 Å². The predicted octanol–water partition coefficient (Wildman–Crippen LogP) is 2.19. The van der Waals surface area contributed by atoms with Crippen molar-refractivity contribution in [1.82, 2.24) is 24.8 Å². The Labute approximate surface area is 151 Å². The number of carbonyl (C=O) groups excluding carboxylic acids is 1. The van der Waals surface area contributed by atoms with Gasteiger partial charge in [-0.2, -0.15) is 0 Å². The molecule has 25 heavy (non-hydrogen) atoms. The van der Waals surface area contributed by atoms with Gasteiger partial charge >= 0.3 is 0 Å². The van der Waals surface area contributed by atoms with Gasteiger partial charge in [-0.15, -0.1) is 0 Å². The monoisotopic (exact) mass is 360 g/mol. The van der Waals surface area contributed by atoms with Gasteiger partial charge in [0.15, 0.2) is 5.69 Å². The maximum Gasteiger partial charge on any atom is 0.271 e. The molecule has 8 heteroatoms. The minimum absolute atomic E-state index is 0.225. The third-order valence-corrected chi connectivity index (χ3v) is 5.00. The highest BCUT2D eigenvalue weighted by atomic mass is 35.5. The molecule has 0 saturated carbocycles. The third-order valence-electron chi connectivity index (χ3n) is 4.72. The zero-order valence-electron chi connectivity index (χ0n) is 14.0. The SMILES string of the molecule is O=C(NCc1cn2c(n1)CCCC2)c1nc(N2CCCC2)ncc1Cl. The molecule has 0 spiro atoms. The molecule has 0 unspecified atom stereocenters. The van der Waals surface area contributed by atoms with Crippen LogP contribution in [0.4, 0.5) is 5.95 Å². The Hall–Kier alpha value is -2.15. The van der Waals surface area contributed by atoms with Crippen LogP contribution < -0.4 is 10.2 Å². The van der Waals surface area contributed by atoms with E-state index in [1.807, 2.05) is 6.20 Å². The Kier molecular flexibility index (Phi) is 4.57. The van der Waals surface area contributed by atoms with E-state index in [0.29, 0.717) is 12.5 Å². The molecule has 0 aliphatic carbocycles. The van der Waals surface area contributed by atoms with E-state index in [9.17, 15) is 4.79 Å². The van der Waals surface area contributed by atoms with Crippen molar-refractivity contribution in [3.8, 4) is 0 Å². The minimum Gasteiger partial charge on any atom is -0.345 e. The van der Waals surface area contributed by atoms with Gasteiger partial charge < -0.3 is 14.8 Å². The smallest absolute Gasteiger partial charge is 0.271 e. The second-order valence-electron chi connectivity index (χ2n) is 6.54. The lowest BCUT2D eigenvalue weighted by Gasteiger charge is -2.15.